The molecular weight excluding hydrogens is 364 g/mol. The van der Waals surface area contributed by atoms with Crippen LogP contribution < -0.4 is 0 Å². The molecule has 1 aromatic carbocycles. The molecule has 0 bridgehead atoms. The van der Waals surface area contributed by atoms with Gasteiger partial charge in [-0.05, 0) is 62.1 Å². The molecule has 1 aliphatic heterocycles. The number of cyclic esters (lactones) is 1. The number of esters is 1. The molecule has 0 radical (unpaired) electrons. The Balaban J connectivity index is 1.60. The lowest BCUT2D eigenvalue weighted by molar-refractivity contribution is -0.146. The fraction of sp³-hybridized carbons (Fsp3) is 0.476. The summed E-state index contributed by atoms with van der Waals surface area (Å²) in [7, 11) is 0. The lowest BCUT2D eigenvalue weighted by Gasteiger charge is -2.29. The molecule has 1 unspecified atom stereocenters. The van der Waals surface area contributed by atoms with Crippen molar-refractivity contribution >= 4 is 23.5 Å². The number of fused-ring (bicyclic) bond motifs is 1. The van der Waals surface area contributed by atoms with Gasteiger partial charge < -0.3 is 4.74 Å². The van der Waals surface area contributed by atoms with E-state index in [1.807, 2.05) is 19.1 Å². The molecule has 1 atom stereocenters. The Morgan fingerprint density at radius 3 is 2.85 bits per heavy atom. The fourth-order valence-corrected chi connectivity index (χ4v) is 4.91. The van der Waals surface area contributed by atoms with Crippen molar-refractivity contribution in [3.8, 4) is 0 Å². The van der Waals surface area contributed by atoms with Gasteiger partial charge in [-0.15, -0.1) is 0 Å². The van der Waals surface area contributed by atoms with Crippen molar-refractivity contribution in [2.24, 2.45) is 5.41 Å². The largest absolute Gasteiger partial charge is 0.465 e. The van der Waals surface area contributed by atoms with E-state index >= 15 is 0 Å². The lowest BCUT2D eigenvalue weighted by atomic mass is 9.72. The summed E-state index contributed by atoms with van der Waals surface area (Å²) >= 11 is 6.44. The van der Waals surface area contributed by atoms with E-state index in [9.17, 15) is 9.59 Å². The Morgan fingerprint density at radius 1 is 1.33 bits per heavy atom. The molecule has 2 aliphatic carbocycles. The molecule has 0 N–H and O–H groups in total. The van der Waals surface area contributed by atoms with Gasteiger partial charge in [-0.1, -0.05) is 23.7 Å². The summed E-state index contributed by atoms with van der Waals surface area (Å²) in [6.45, 7) is 2.40. The van der Waals surface area contributed by atoms with Crippen molar-refractivity contribution in [3.63, 3.8) is 0 Å². The first-order valence-electron chi connectivity index (χ1n) is 9.58. The zero-order valence-corrected chi connectivity index (χ0v) is 16.0. The van der Waals surface area contributed by atoms with Gasteiger partial charge in [0.05, 0.1) is 34.0 Å². The van der Waals surface area contributed by atoms with Crippen molar-refractivity contribution < 1.29 is 14.3 Å². The molecule has 2 aromatic rings. The van der Waals surface area contributed by atoms with Crippen LogP contribution in [0.5, 0.6) is 0 Å². The zero-order valence-electron chi connectivity index (χ0n) is 15.3. The van der Waals surface area contributed by atoms with Crippen LogP contribution in [0.1, 0.15) is 64.5 Å². The normalized spacial score (nSPS) is 24.1. The standard InChI is InChI=1S/C21H21ClN2O3/c1-12-14-7-8-21(9-10-27-20(21)26)11-17(14)24(23-12)19(25)18-15(13-5-6-13)3-2-4-16(18)22/h2-4,13H,5-11H2,1H3. The number of aryl methyl sites for hydroxylation is 1. The second-order valence-corrected chi connectivity index (χ2v) is 8.46. The molecule has 5 nitrogen and oxygen atoms in total. The van der Waals surface area contributed by atoms with Gasteiger partial charge in [-0.25, -0.2) is 4.68 Å². The number of benzene rings is 1. The van der Waals surface area contributed by atoms with Crippen molar-refractivity contribution in [2.75, 3.05) is 6.61 Å². The molecule has 27 heavy (non-hydrogen) atoms. The number of rotatable bonds is 2. The van der Waals surface area contributed by atoms with Crippen molar-refractivity contribution in [3.05, 3.63) is 51.3 Å². The molecule has 1 saturated carbocycles. The summed E-state index contributed by atoms with van der Waals surface area (Å²) in [5.74, 6) is 0.0870. The quantitative estimate of drug-likeness (QED) is 0.738. The number of nitrogens with zero attached hydrogens (tertiary/aromatic N) is 2. The Bertz CT molecular complexity index is 976. The number of carbonyl (C=O) groups is 2. The zero-order chi connectivity index (χ0) is 18.8. The molecule has 3 aliphatic rings. The van der Waals surface area contributed by atoms with Gasteiger partial charge in [0.2, 0.25) is 0 Å². The van der Waals surface area contributed by atoms with Crippen LogP contribution >= 0.6 is 11.6 Å². The Kier molecular flexibility index (Phi) is 3.73. The lowest BCUT2D eigenvalue weighted by Crippen LogP contribution is -2.35. The highest BCUT2D eigenvalue weighted by Crippen LogP contribution is 2.45. The first-order valence-corrected chi connectivity index (χ1v) is 9.96. The minimum Gasteiger partial charge on any atom is -0.465 e. The summed E-state index contributed by atoms with van der Waals surface area (Å²) < 4.78 is 6.76. The van der Waals surface area contributed by atoms with E-state index in [2.05, 4.69) is 5.10 Å². The van der Waals surface area contributed by atoms with Crippen molar-refractivity contribution in [1.29, 1.82) is 0 Å². The molecule has 1 spiro atoms. The van der Waals surface area contributed by atoms with Gasteiger partial charge in [0.15, 0.2) is 0 Å². The van der Waals surface area contributed by atoms with Crippen molar-refractivity contribution in [2.45, 2.75) is 51.4 Å². The minimum atomic E-state index is -0.503. The summed E-state index contributed by atoms with van der Waals surface area (Å²) in [6, 6.07) is 5.66. The second kappa shape index (κ2) is 5.93. The van der Waals surface area contributed by atoms with Gasteiger partial charge >= 0.3 is 5.97 Å². The summed E-state index contributed by atoms with van der Waals surface area (Å²) in [6.07, 6.45) is 4.91. The van der Waals surface area contributed by atoms with Crippen LogP contribution in [0.15, 0.2) is 18.2 Å². The van der Waals surface area contributed by atoms with Gasteiger partial charge in [0, 0.05) is 6.42 Å². The molecule has 1 saturated heterocycles. The predicted molar refractivity (Wildman–Crippen MR) is 100 cm³/mol. The molecule has 6 heteroatoms. The Labute approximate surface area is 162 Å². The average molecular weight is 385 g/mol. The molecule has 0 amide bonds. The van der Waals surface area contributed by atoms with Crippen LogP contribution in [0.2, 0.25) is 5.02 Å². The minimum absolute atomic E-state index is 0.137. The third kappa shape index (κ3) is 2.55. The van der Waals surface area contributed by atoms with E-state index in [1.165, 1.54) is 4.68 Å². The number of hydrogen-bond donors (Lipinski definition) is 0. The molecule has 1 aromatic heterocycles. The molecule has 5 rings (SSSR count). The highest BCUT2D eigenvalue weighted by atomic mass is 35.5. The fourth-order valence-electron chi connectivity index (χ4n) is 4.64. The second-order valence-electron chi connectivity index (χ2n) is 8.05. The maximum Gasteiger partial charge on any atom is 0.312 e. The SMILES string of the molecule is Cc1nn(C(=O)c2c(Cl)cccc2C2CC2)c2c1CCC1(CCOC1=O)C2. The summed E-state index contributed by atoms with van der Waals surface area (Å²) in [5.41, 5.74) is 3.87. The van der Waals surface area contributed by atoms with Crippen LogP contribution in [0.4, 0.5) is 0 Å². The highest BCUT2D eigenvalue weighted by Gasteiger charge is 2.48. The Hall–Kier alpha value is -2.14. The maximum atomic E-state index is 13.5. The van der Waals surface area contributed by atoms with E-state index in [4.69, 9.17) is 16.3 Å². The molecule has 140 valence electrons. The summed E-state index contributed by atoms with van der Waals surface area (Å²) in [5, 5.41) is 5.04. The van der Waals surface area contributed by atoms with Crippen LogP contribution in [0.3, 0.4) is 0 Å². The number of aromatic nitrogens is 2. The van der Waals surface area contributed by atoms with Gasteiger partial charge in [0.1, 0.15) is 0 Å². The van der Waals surface area contributed by atoms with E-state index in [1.54, 1.807) is 6.07 Å². The molecular formula is C21H21ClN2O3. The number of ether oxygens (including phenoxy) is 1. The van der Waals surface area contributed by atoms with Crippen LogP contribution in [0.25, 0.3) is 0 Å². The smallest absolute Gasteiger partial charge is 0.312 e. The maximum absolute atomic E-state index is 13.5. The highest BCUT2D eigenvalue weighted by molar-refractivity contribution is 6.34. The third-order valence-corrected chi connectivity index (χ3v) is 6.68. The molecule has 2 heterocycles. The first-order chi connectivity index (χ1) is 13.0. The van der Waals surface area contributed by atoms with Crippen LogP contribution in [-0.2, 0) is 22.4 Å². The topological polar surface area (TPSA) is 61.2 Å². The van der Waals surface area contributed by atoms with E-state index < -0.39 is 5.41 Å². The monoisotopic (exact) mass is 384 g/mol. The third-order valence-electron chi connectivity index (χ3n) is 6.37. The van der Waals surface area contributed by atoms with E-state index in [0.717, 1.165) is 48.2 Å². The first kappa shape index (κ1) is 17.0. The Morgan fingerprint density at radius 2 is 2.15 bits per heavy atom. The van der Waals surface area contributed by atoms with Gasteiger partial charge in [0.25, 0.3) is 5.91 Å². The van der Waals surface area contributed by atoms with Crippen molar-refractivity contribution in [1.82, 2.24) is 9.78 Å². The van der Waals surface area contributed by atoms with E-state index in [-0.39, 0.29) is 11.9 Å². The molecule has 2 fully saturated rings. The van der Waals surface area contributed by atoms with E-state index in [0.29, 0.717) is 36.0 Å². The van der Waals surface area contributed by atoms with Gasteiger partial charge in [-0.2, -0.15) is 5.10 Å². The van der Waals surface area contributed by atoms with Crippen LogP contribution in [-0.4, -0.2) is 28.3 Å². The summed E-state index contributed by atoms with van der Waals surface area (Å²) in [4.78, 5) is 25.9. The van der Waals surface area contributed by atoms with Gasteiger partial charge in [-0.3, -0.25) is 9.59 Å². The number of carbonyl (C=O) groups excluding carboxylic acids is 2. The van der Waals surface area contributed by atoms with Crippen LogP contribution in [0, 0.1) is 12.3 Å². The number of halogens is 1. The predicted octanol–water partition coefficient (Wildman–Crippen LogP) is 3.83. The average Bonchev–Trinajstić information content (AvgIpc) is 3.38. The number of hydrogen-bond acceptors (Lipinski definition) is 4.